The van der Waals surface area contributed by atoms with Crippen molar-refractivity contribution < 1.29 is 9.47 Å². The van der Waals surface area contributed by atoms with Crippen LogP contribution in [0.2, 0.25) is 0 Å². The number of methoxy groups -OCH3 is 2. The lowest BCUT2D eigenvalue weighted by molar-refractivity contribution is 0.283. The number of para-hydroxylation sites is 3. The Bertz CT molecular complexity index is 707. The maximum atomic E-state index is 5.48. The lowest BCUT2D eigenvalue weighted by Gasteiger charge is -2.36. The largest absolute Gasteiger partial charge is 0.496 e. The average molecular weight is 338 g/mol. The van der Waals surface area contributed by atoms with Crippen molar-refractivity contribution in [3.63, 3.8) is 0 Å². The van der Waals surface area contributed by atoms with Gasteiger partial charge in [-0.25, -0.2) is 0 Å². The molecule has 1 aliphatic rings. The zero-order chi connectivity index (χ0) is 17.5. The van der Waals surface area contributed by atoms with Gasteiger partial charge in [0.25, 0.3) is 0 Å². The summed E-state index contributed by atoms with van der Waals surface area (Å²) in [6, 6.07) is 16.3. The second-order valence-corrected chi connectivity index (χ2v) is 6.10. The summed E-state index contributed by atoms with van der Waals surface area (Å²) in [5.74, 6) is 1.87. The van der Waals surface area contributed by atoms with E-state index in [0.29, 0.717) is 0 Å². The van der Waals surface area contributed by atoms with Crippen molar-refractivity contribution in [1.29, 1.82) is 0 Å². The van der Waals surface area contributed by atoms with Gasteiger partial charge in [0.05, 0.1) is 19.9 Å². The van der Waals surface area contributed by atoms with Crippen LogP contribution in [0.3, 0.4) is 0 Å². The van der Waals surface area contributed by atoms with Crippen molar-refractivity contribution in [3.8, 4) is 11.5 Å². The van der Waals surface area contributed by atoms with Gasteiger partial charge in [-0.3, -0.25) is 4.90 Å². The number of ether oxygens (including phenoxy) is 2. The molecule has 0 bridgehead atoms. The van der Waals surface area contributed by atoms with Gasteiger partial charge in [0, 0.05) is 38.3 Å². The van der Waals surface area contributed by atoms with E-state index in [2.05, 4.69) is 40.2 Å². The first-order chi connectivity index (χ1) is 12.3. The Hall–Kier alpha value is -2.46. The van der Waals surface area contributed by atoms with Crippen LogP contribution in [0, 0.1) is 0 Å². The summed E-state index contributed by atoms with van der Waals surface area (Å²) in [7, 11) is 3.45. The molecule has 0 radical (unpaired) electrons. The molecule has 4 nitrogen and oxygen atoms in total. The Labute approximate surface area is 150 Å². The third kappa shape index (κ3) is 4.34. The summed E-state index contributed by atoms with van der Waals surface area (Å²) >= 11 is 0. The number of anilines is 1. The predicted octanol–water partition coefficient (Wildman–Crippen LogP) is 3.54. The van der Waals surface area contributed by atoms with E-state index in [1.807, 2.05) is 30.3 Å². The molecule has 4 heteroatoms. The van der Waals surface area contributed by atoms with Crippen LogP contribution in [-0.4, -0.2) is 51.8 Å². The Morgan fingerprint density at radius 1 is 0.840 bits per heavy atom. The van der Waals surface area contributed by atoms with Crippen LogP contribution in [0.4, 0.5) is 5.69 Å². The fourth-order valence-electron chi connectivity index (χ4n) is 3.20. The van der Waals surface area contributed by atoms with E-state index >= 15 is 0 Å². The maximum absolute atomic E-state index is 5.48. The van der Waals surface area contributed by atoms with Gasteiger partial charge >= 0.3 is 0 Å². The monoisotopic (exact) mass is 338 g/mol. The van der Waals surface area contributed by atoms with Gasteiger partial charge in [-0.2, -0.15) is 0 Å². The Morgan fingerprint density at radius 2 is 1.48 bits per heavy atom. The van der Waals surface area contributed by atoms with Gasteiger partial charge in [-0.05, 0) is 18.2 Å². The number of benzene rings is 2. The molecule has 3 rings (SSSR count). The number of hydrogen-bond donors (Lipinski definition) is 0. The molecule has 0 unspecified atom stereocenters. The highest BCUT2D eigenvalue weighted by Gasteiger charge is 2.18. The van der Waals surface area contributed by atoms with Crippen molar-refractivity contribution in [3.05, 3.63) is 60.2 Å². The standard InChI is InChI=1S/C21H26N2O2/c1-24-20-11-5-3-8-18(20)9-7-13-22-14-16-23(17-15-22)19-10-4-6-12-21(19)25-2/h3-12H,13-17H2,1-2H3/b9-7-. The van der Waals surface area contributed by atoms with Crippen LogP contribution in [0.1, 0.15) is 5.56 Å². The Morgan fingerprint density at radius 3 is 2.20 bits per heavy atom. The second kappa shape index (κ2) is 8.58. The third-order valence-electron chi connectivity index (χ3n) is 4.60. The summed E-state index contributed by atoms with van der Waals surface area (Å²) in [6.45, 7) is 5.09. The molecule has 0 spiro atoms. The molecule has 0 aliphatic carbocycles. The first-order valence-corrected chi connectivity index (χ1v) is 8.71. The summed E-state index contributed by atoms with van der Waals surface area (Å²) in [5, 5.41) is 0. The Balaban J connectivity index is 1.53. The highest BCUT2D eigenvalue weighted by atomic mass is 16.5. The van der Waals surface area contributed by atoms with Gasteiger partial charge in [-0.15, -0.1) is 0 Å². The zero-order valence-electron chi connectivity index (χ0n) is 15.0. The van der Waals surface area contributed by atoms with Gasteiger partial charge < -0.3 is 14.4 Å². The molecule has 1 heterocycles. The molecular formula is C21H26N2O2. The topological polar surface area (TPSA) is 24.9 Å². The molecule has 25 heavy (non-hydrogen) atoms. The van der Waals surface area contributed by atoms with Crippen LogP contribution in [0.5, 0.6) is 11.5 Å². The molecule has 0 saturated carbocycles. The molecule has 0 N–H and O–H groups in total. The van der Waals surface area contributed by atoms with Crippen LogP contribution < -0.4 is 14.4 Å². The summed E-state index contributed by atoms with van der Waals surface area (Å²) in [6.07, 6.45) is 4.36. The second-order valence-electron chi connectivity index (χ2n) is 6.10. The van der Waals surface area contributed by atoms with Gasteiger partial charge in [0.15, 0.2) is 0 Å². The predicted molar refractivity (Wildman–Crippen MR) is 104 cm³/mol. The van der Waals surface area contributed by atoms with Crippen LogP contribution in [0.25, 0.3) is 6.08 Å². The number of hydrogen-bond acceptors (Lipinski definition) is 4. The van der Waals surface area contributed by atoms with E-state index in [1.54, 1.807) is 14.2 Å². The highest BCUT2D eigenvalue weighted by molar-refractivity contribution is 5.59. The lowest BCUT2D eigenvalue weighted by atomic mass is 10.2. The van der Waals surface area contributed by atoms with E-state index < -0.39 is 0 Å². The molecule has 2 aromatic rings. The van der Waals surface area contributed by atoms with Crippen LogP contribution >= 0.6 is 0 Å². The van der Waals surface area contributed by atoms with Crippen molar-refractivity contribution >= 4 is 11.8 Å². The van der Waals surface area contributed by atoms with Crippen molar-refractivity contribution in [2.45, 2.75) is 0 Å². The highest BCUT2D eigenvalue weighted by Crippen LogP contribution is 2.28. The minimum absolute atomic E-state index is 0.916. The van der Waals surface area contributed by atoms with Gasteiger partial charge in [0.1, 0.15) is 11.5 Å². The number of rotatable bonds is 6. The number of nitrogens with zero attached hydrogens (tertiary/aromatic N) is 2. The summed E-state index contributed by atoms with van der Waals surface area (Å²) < 4.78 is 10.9. The minimum Gasteiger partial charge on any atom is -0.496 e. The minimum atomic E-state index is 0.916. The Kier molecular flexibility index (Phi) is 5.96. The van der Waals surface area contributed by atoms with Gasteiger partial charge in [-0.1, -0.05) is 42.5 Å². The van der Waals surface area contributed by atoms with Gasteiger partial charge in [0.2, 0.25) is 0 Å². The maximum Gasteiger partial charge on any atom is 0.142 e. The zero-order valence-corrected chi connectivity index (χ0v) is 15.0. The first-order valence-electron chi connectivity index (χ1n) is 8.71. The molecule has 2 aromatic carbocycles. The first kappa shape index (κ1) is 17.4. The smallest absolute Gasteiger partial charge is 0.142 e. The number of piperazine rings is 1. The summed E-state index contributed by atoms with van der Waals surface area (Å²) in [5.41, 5.74) is 2.31. The molecule has 132 valence electrons. The lowest BCUT2D eigenvalue weighted by Crippen LogP contribution is -2.46. The van der Waals surface area contributed by atoms with Crippen molar-refractivity contribution in [2.24, 2.45) is 0 Å². The van der Waals surface area contributed by atoms with E-state index in [-0.39, 0.29) is 0 Å². The fraction of sp³-hybridized carbons (Fsp3) is 0.333. The molecule has 0 atom stereocenters. The van der Waals surface area contributed by atoms with Crippen LogP contribution in [0.15, 0.2) is 54.6 Å². The normalized spacial score (nSPS) is 15.5. The fourth-order valence-corrected chi connectivity index (χ4v) is 3.20. The summed E-state index contributed by atoms with van der Waals surface area (Å²) in [4.78, 5) is 4.87. The average Bonchev–Trinajstić information content (AvgIpc) is 2.69. The molecule has 1 aliphatic heterocycles. The van der Waals surface area contributed by atoms with Crippen molar-refractivity contribution in [2.75, 3.05) is 51.8 Å². The molecular weight excluding hydrogens is 312 g/mol. The van der Waals surface area contributed by atoms with E-state index in [4.69, 9.17) is 9.47 Å². The third-order valence-corrected chi connectivity index (χ3v) is 4.60. The SMILES string of the molecule is COc1ccccc1/C=C\CN1CCN(c2ccccc2OC)CC1. The van der Waals surface area contributed by atoms with Crippen molar-refractivity contribution in [1.82, 2.24) is 4.90 Å². The molecule has 0 aromatic heterocycles. The van der Waals surface area contributed by atoms with E-state index in [9.17, 15) is 0 Å². The molecule has 1 saturated heterocycles. The molecule has 0 amide bonds. The quantitative estimate of drug-likeness (QED) is 0.804. The van der Waals surface area contributed by atoms with E-state index in [0.717, 1.165) is 49.8 Å². The van der Waals surface area contributed by atoms with E-state index in [1.165, 1.54) is 5.69 Å². The molecule has 1 fully saturated rings. The van der Waals surface area contributed by atoms with Crippen LogP contribution in [-0.2, 0) is 0 Å².